The molecule has 0 fully saturated rings. The van der Waals surface area contributed by atoms with Crippen LogP contribution in [0.4, 0.5) is 10.2 Å². The maximum atomic E-state index is 14.2. The molecule has 1 unspecified atom stereocenters. The summed E-state index contributed by atoms with van der Waals surface area (Å²) < 4.78 is 14.2. The van der Waals surface area contributed by atoms with Crippen molar-refractivity contribution >= 4 is 22.6 Å². The first-order valence-corrected chi connectivity index (χ1v) is 8.88. The van der Waals surface area contributed by atoms with Gasteiger partial charge in [0.15, 0.2) is 0 Å². The number of amides is 1. The molecule has 7 heteroatoms. The zero-order valence-electron chi connectivity index (χ0n) is 13.4. The molecule has 1 aromatic carbocycles. The molecular formula is C18H17FN3O2S. The van der Waals surface area contributed by atoms with E-state index in [4.69, 9.17) is 5.73 Å². The molecule has 1 aliphatic rings. The lowest BCUT2D eigenvalue weighted by molar-refractivity contribution is -0.114. The van der Waals surface area contributed by atoms with Crippen LogP contribution in [-0.4, -0.2) is 16.0 Å². The Hall–Kier alpha value is -2.64. The number of carbonyl (C=O) groups excluding carboxylic acids is 1. The highest BCUT2D eigenvalue weighted by Crippen LogP contribution is 2.51. The fourth-order valence-corrected chi connectivity index (χ4v) is 4.29. The van der Waals surface area contributed by atoms with Crippen LogP contribution in [-0.2, 0) is 4.79 Å². The zero-order valence-corrected chi connectivity index (χ0v) is 14.3. The number of hydrogen-bond donors (Lipinski definition) is 3. The molecular weight excluding hydrogens is 341 g/mol. The van der Waals surface area contributed by atoms with Gasteiger partial charge in [-0.25, -0.2) is 9.37 Å². The predicted molar refractivity (Wildman–Crippen MR) is 96.1 cm³/mol. The van der Waals surface area contributed by atoms with Crippen LogP contribution in [0.1, 0.15) is 18.7 Å². The maximum Gasteiger partial charge on any atom is 0.251 e. The van der Waals surface area contributed by atoms with Crippen LogP contribution >= 0.6 is 10.9 Å². The third-order valence-corrected chi connectivity index (χ3v) is 5.59. The van der Waals surface area contributed by atoms with Crippen molar-refractivity contribution in [2.24, 2.45) is 5.73 Å². The largest absolute Gasteiger partial charge is 0.387 e. The highest BCUT2D eigenvalue weighted by Gasteiger charge is 2.26. The molecule has 5 nitrogen and oxygen atoms in total. The van der Waals surface area contributed by atoms with Crippen molar-refractivity contribution in [2.45, 2.75) is 17.9 Å². The Morgan fingerprint density at radius 1 is 1.28 bits per heavy atom. The van der Waals surface area contributed by atoms with Crippen LogP contribution in [0.2, 0.25) is 0 Å². The lowest BCUT2D eigenvalue weighted by Gasteiger charge is -2.19. The average Bonchev–Trinajstić information content (AvgIpc) is 2.99. The standard InChI is InChI=1S/C18H17FN3O2S/c1-11(23)14-6-4-8-16(21-14)22-18-12(17(20)24)9-10-25(18)15-7-3-2-5-13(15)19/h2-11,23H,1H3,(H2,20,24)(H,21,22). The van der Waals surface area contributed by atoms with E-state index in [0.717, 1.165) is 0 Å². The van der Waals surface area contributed by atoms with E-state index in [1.54, 1.807) is 54.8 Å². The van der Waals surface area contributed by atoms with Crippen molar-refractivity contribution in [1.29, 1.82) is 0 Å². The van der Waals surface area contributed by atoms with Gasteiger partial charge in [0.2, 0.25) is 0 Å². The molecule has 0 spiro atoms. The van der Waals surface area contributed by atoms with Crippen LogP contribution in [0, 0.1) is 5.82 Å². The van der Waals surface area contributed by atoms with Gasteiger partial charge in [-0.3, -0.25) is 4.79 Å². The SMILES string of the molecule is CC(O)c1cccc(NC2=C(C(N)=O)C=C[S]2c2ccccc2F)n1. The van der Waals surface area contributed by atoms with Crippen LogP contribution in [0.25, 0.3) is 0 Å². The molecule has 2 aromatic rings. The van der Waals surface area contributed by atoms with E-state index in [0.29, 0.717) is 21.4 Å². The number of aliphatic hydroxyl groups excluding tert-OH is 1. The number of nitrogens with two attached hydrogens (primary N) is 1. The van der Waals surface area contributed by atoms with E-state index in [2.05, 4.69) is 10.3 Å². The van der Waals surface area contributed by atoms with Crippen LogP contribution in [0.5, 0.6) is 0 Å². The Labute approximate surface area is 147 Å². The number of pyridine rings is 1. The second-order valence-corrected chi connectivity index (χ2v) is 7.22. The zero-order chi connectivity index (χ0) is 18.0. The molecule has 3 rings (SSSR count). The van der Waals surface area contributed by atoms with Gasteiger partial charge in [0, 0.05) is 4.90 Å². The second-order valence-electron chi connectivity index (χ2n) is 5.43. The number of aromatic nitrogens is 1. The molecule has 25 heavy (non-hydrogen) atoms. The van der Waals surface area contributed by atoms with Crippen LogP contribution in [0.15, 0.2) is 69.4 Å². The number of anilines is 1. The van der Waals surface area contributed by atoms with E-state index in [9.17, 15) is 14.3 Å². The monoisotopic (exact) mass is 358 g/mol. The van der Waals surface area contributed by atoms with E-state index in [1.165, 1.54) is 6.07 Å². The molecule has 1 atom stereocenters. The van der Waals surface area contributed by atoms with Gasteiger partial charge in [0.25, 0.3) is 5.91 Å². The molecule has 1 amide bonds. The van der Waals surface area contributed by atoms with Crippen molar-refractivity contribution in [1.82, 2.24) is 4.98 Å². The average molecular weight is 358 g/mol. The highest BCUT2D eigenvalue weighted by atomic mass is 32.2. The third kappa shape index (κ3) is 3.57. The fraction of sp³-hybridized carbons (Fsp3) is 0.111. The van der Waals surface area contributed by atoms with Crippen molar-refractivity contribution in [3.05, 3.63) is 76.1 Å². The van der Waals surface area contributed by atoms with E-state index >= 15 is 0 Å². The molecule has 1 radical (unpaired) electrons. The fourth-order valence-electron chi connectivity index (χ4n) is 2.39. The summed E-state index contributed by atoms with van der Waals surface area (Å²) in [5.41, 5.74) is 6.24. The van der Waals surface area contributed by atoms with Gasteiger partial charge >= 0.3 is 0 Å². The minimum absolute atomic E-state index is 0.288. The molecule has 4 N–H and O–H groups in total. The highest BCUT2D eigenvalue weighted by molar-refractivity contribution is 8.23. The summed E-state index contributed by atoms with van der Waals surface area (Å²) in [6.07, 6.45) is 0.872. The Kier molecular flexibility index (Phi) is 4.87. The maximum absolute atomic E-state index is 14.2. The summed E-state index contributed by atoms with van der Waals surface area (Å²) in [7, 11) is -0.799. The van der Waals surface area contributed by atoms with Gasteiger partial charge in [0.1, 0.15) is 11.6 Å². The third-order valence-electron chi connectivity index (χ3n) is 3.61. The Balaban J connectivity index is 2.00. The van der Waals surface area contributed by atoms with Crippen molar-refractivity contribution < 1.29 is 14.3 Å². The minimum Gasteiger partial charge on any atom is -0.387 e. The first-order chi connectivity index (χ1) is 12.0. The number of nitrogens with zero attached hydrogens (tertiary/aromatic N) is 1. The first-order valence-electron chi connectivity index (χ1n) is 7.59. The second kappa shape index (κ2) is 7.08. The van der Waals surface area contributed by atoms with Gasteiger partial charge in [0.05, 0.1) is 22.4 Å². The molecule has 1 aromatic heterocycles. The normalized spacial score (nSPS) is 15.5. The van der Waals surface area contributed by atoms with E-state index < -0.39 is 22.9 Å². The molecule has 2 heterocycles. The summed E-state index contributed by atoms with van der Waals surface area (Å²) in [4.78, 5) is 16.5. The molecule has 0 saturated heterocycles. The van der Waals surface area contributed by atoms with Crippen molar-refractivity contribution in [3.63, 3.8) is 0 Å². The van der Waals surface area contributed by atoms with E-state index in [-0.39, 0.29) is 11.4 Å². The number of halogens is 1. The van der Waals surface area contributed by atoms with Crippen molar-refractivity contribution in [2.75, 3.05) is 5.32 Å². The van der Waals surface area contributed by atoms with Crippen LogP contribution in [0.3, 0.4) is 0 Å². The summed E-state index contributed by atoms with van der Waals surface area (Å²) in [6, 6.07) is 11.6. The van der Waals surface area contributed by atoms with E-state index in [1.807, 2.05) is 0 Å². The van der Waals surface area contributed by atoms with Gasteiger partial charge in [-0.1, -0.05) is 18.2 Å². The van der Waals surface area contributed by atoms with Gasteiger partial charge in [-0.05, 0) is 42.7 Å². The number of carbonyl (C=O) groups is 1. The van der Waals surface area contributed by atoms with Crippen molar-refractivity contribution in [3.8, 4) is 0 Å². The van der Waals surface area contributed by atoms with Gasteiger partial charge < -0.3 is 16.2 Å². The Morgan fingerprint density at radius 2 is 2.04 bits per heavy atom. The number of aliphatic hydroxyl groups is 1. The summed E-state index contributed by atoms with van der Waals surface area (Å²) in [6.45, 7) is 1.61. The predicted octanol–water partition coefficient (Wildman–Crippen LogP) is 3.24. The number of benzene rings is 1. The number of hydrogen-bond acceptors (Lipinski definition) is 4. The molecule has 0 saturated carbocycles. The quantitative estimate of drug-likeness (QED) is 0.766. The topological polar surface area (TPSA) is 88.2 Å². The first kappa shape index (κ1) is 17.2. The molecule has 0 bridgehead atoms. The number of nitrogens with one attached hydrogen (secondary N) is 1. The summed E-state index contributed by atoms with van der Waals surface area (Å²) in [5.74, 6) is -0.507. The van der Waals surface area contributed by atoms with Gasteiger partial charge in [-0.2, -0.15) is 0 Å². The van der Waals surface area contributed by atoms with Gasteiger partial charge in [-0.15, -0.1) is 10.9 Å². The Morgan fingerprint density at radius 3 is 2.72 bits per heavy atom. The molecule has 129 valence electrons. The summed E-state index contributed by atoms with van der Waals surface area (Å²) in [5, 5.41) is 15.0. The molecule has 0 aliphatic carbocycles. The summed E-state index contributed by atoms with van der Waals surface area (Å²) >= 11 is 0. The lowest BCUT2D eigenvalue weighted by Crippen LogP contribution is -2.16. The lowest BCUT2D eigenvalue weighted by atomic mass is 10.2. The van der Waals surface area contributed by atoms with Crippen LogP contribution < -0.4 is 11.1 Å². The number of rotatable bonds is 5. The Bertz CT molecular complexity index is 880. The molecule has 1 aliphatic heterocycles. The minimum atomic E-state index is -0.799. The number of primary amides is 1. The smallest absolute Gasteiger partial charge is 0.251 e.